The van der Waals surface area contributed by atoms with Gasteiger partial charge in [-0.3, -0.25) is 14.4 Å². The Hall–Kier alpha value is -1.08. The quantitative estimate of drug-likeness (QED) is 0.715. The van der Waals surface area contributed by atoms with Crippen molar-refractivity contribution in [1.82, 2.24) is 19.6 Å². The van der Waals surface area contributed by atoms with Gasteiger partial charge < -0.3 is 4.90 Å². The highest BCUT2D eigenvalue weighted by molar-refractivity contribution is 9.10. The van der Waals surface area contributed by atoms with Crippen LogP contribution in [0.3, 0.4) is 0 Å². The van der Waals surface area contributed by atoms with Gasteiger partial charge in [0.2, 0.25) is 0 Å². The van der Waals surface area contributed by atoms with Gasteiger partial charge in [-0.1, -0.05) is 29.3 Å². The second kappa shape index (κ2) is 8.08. The first-order chi connectivity index (χ1) is 12.0. The molecule has 2 heterocycles. The molecule has 0 N–H and O–H groups in total. The molecule has 0 bridgehead atoms. The second-order valence-corrected chi connectivity index (χ2v) is 7.66. The van der Waals surface area contributed by atoms with Gasteiger partial charge in [-0.25, -0.2) is 0 Å². The minimum Gasteiger partial charge on any atom is -0.335 e. The number of hydrogen-bond donors (Lipinski definition) is 0. The monoisotopic (exact) mass is 444 g/mol. The highest BCUT2D eigenvalue weighted by Gasteiger charge is 2.26. The first-order valence-electron chi connectivity index (χ1n) is 8.16. The molecule has 0 unspecified atom stereocenters. The summed E-state index contributed by atoms with van der Waals surface area (Å²) in [6, 6.07) is 5.58. The van der Waals surface area contributed by atoms with E-state index in [9.17, 15) is 4.79 Å². The fourth-order valence-electron chi connectivity index (χ4n) is 2.96. The zero-order valence-electron chi connectivity index (χ0n) is 13.9. The van der Waals surface area contributed by atoms with E-state index >= 15 is 0 Å². The summed E-state index contributed by atoms with van der Waals surface area (Å²) in [5.74, 6) is 0.0235. The maximum absolute atomic E-state index is 12.8. The first-order valence-corrected chi connectivity index (χ1v) is 9.71. The van der Waals surface area contributed by atoms with E-state index < -0.39 is 0 Å². The molecular weight excluding hydrogens is 427 g/mol. The summed E-state index contributed by atoms with van der Waals surface area (Å²) in [5, 5.41) is 5.55. The van der Waals surface area contributed by atoms with Crippen LogP contribution in [0.5, 0.6) is 0 Å². The lowest BCUT2D eigenvalue weighted by atomic mass is 10.2. The number of amides is 1. The fraction of sp³-hybridized carbons (Fsp3) is 0.412. The number of nitrogens with zero attached hydrogens (tertiary/aromatic N) is 4. The Balaban J connectivity index is 1.61. The van der Waals surface area contributed by atoms with E-state index in [4.69, 9.17) is 23.2 Å². The molecule has 3 rings (SSSR count). The predicted molar refractivity (Wildman–Crippen MR) is 103 cm³/mol. The molecular formula is C17H19BrCl2N4O. The summed E-state index contributed by atoms with van der Waals surface area (Å²) in [6.07, 6.45) is 1.68. The smallest absolute Gasteiger partial charge is 0.273 e. The molecule has 1 aliphatic heterocycles. The zero-order chi connectivity index (χ0) is 18.0. The zero-order valence-corrected chi connectivity index (χ0v) is 17.0. The molecule has 1 aromatic carbocycles. The molecule has 1 fully saturated rings. The number of aryl methyl sites for hydroxylation is 1. The molecule has 1 aliphatic rings. The molecule has 1 saturated heterocycles. The van der Waals surface area contributed by atoms with Crippen LogP contribution in [0.4, 0.5) is 0 Å². The van der Waals surface area contributed by atoms with E-state index in [1.165, 1.54) is 0 Å². The van der Waals surface area contributed by atoms with Gasteiger partial charge in [0, 0.05) is 49.3 Å². The van der Waals surface area contributed by atoms with Crippen molar-refractivity contribution in [3.63, 3.8) is 0 Å². The van der Waals surface area contributed by atoms with E-state index in [1.54, 1.807) is 16.9 Å². The molecule has 0 aliphatic carbocycles. The molecule has 0 saturated carbocycles. The van der Waals surface area contributed by atoms with Gasteiger partial charge >= 0.3 is 0 Å². The maximum atomic E-state index is 12.8. The minimum atomic E-state index is 0.0235. The molecule has 1 aromatic heterocycles. The van der Waals surface area contributed by atoms with Gasteiger partial charge in [0.1, 0.15) is 5.69 Å². The lowest BCUT2D eigenvalue weighted by Gasteiger charge is -2.35. The second-order valence-electron chi connectivity index (χ2n) is 5.96. The van der Waals surface area contributed by atoms with Crippen LogP contribution >= 0.6 is 39.1 Å². The summed E-state index contributed by atoms with van der Waals surface area (Å²) >= 11 is 15.6. The number of rotatable bonds is 4. The highest BCUT2D eigenvalue weighted by Crippen LogP contribution is 2.23. The number of hydrogen-bond acceptors (Lipinski definition) is 3. The number of carbonyl (C=O) groups excluding carboxylic acids is 1. The molecule has 134 valence electrons. The van der Waals surface area contributed by atoms with Crippen LogP contribution in [0.15, 0.2) is 28.9 Å². The Morgan fingerprint density at radius 1 is 1.24 bits per heavy atom. The molecule has 8 heteroatoms. The number of halogens is 3. The molecule has 0 atom stereocenters. The van der Waals surface area contributed by atoms with Gasteiger partial charge in [-0.2, -0.15) is 5.10 Å². The Labute approximate surface area is 165 Å². The highest BCUT2D eigenvalue weighted by atomic mass is 79.9. The van der Waals surface area contributed by atoms with Gasteiger partial charge in [0.25, 0.3) is 5.91 Å². The van der Waals surface area contributed by atoms with Crippen molar-refractivity contribution in [2.24, 2.45) is 0 Å². The molecule has 1 amide bonds. The van der Waals surface area contributed by atoms with Crippen LogP contribution in [-0.2, 0) is 13.1 Å². The third-order valence-corrected chi connectivity index (χ3v) is 5.53. The number of aromatic nitrogens is 2. The molecule has 5 nitrogen and oxygen atoms in total. The Kier molecular flexibility index (Phi) is 6.04. The number of piperazine rings is 1. The summed E-state index contributed by atoms with van der Waals surface area (Å²) in [7, 11) is 0. The summed E-state index contributed by atoms with van der Waals surface area (Å²) in [6.45, 7) is 6.39. The first kappa shape index (κ1) is 18.7. The average molecular weight is 446 g/mol. The van der Waals surface area contributed by atoms with Crippen LogP contribution in [0, 0.1) is 0 Å². The predicted octanol–water partition coefficient (Wildman–Crippen LogP) is 3.93. The fourth-order valence-corrected chi connectivity index (χ4v) is 3.90. The van der Waals surface area contributed by atoms with E-state index in [1.807, 2.05) is 24.0 Å². The van der Waals surface area contributed by atoms with Crippen molar-refractivity contribution in [3.05, 3.63) is 50.2 Å². The van der Waals surface area contributed by atoms with Crippen LogP contribution in [-0.4, -0.2) is 51.7 Å². The minimum absolute atomic E-state index is 0.0235. The van der Waals surface area contributed by atoms with Gasteiger partial charge in [-0.15, -0.1) is 0 Å². The lowest BCUT2D eigenvalue weighted by Crippen LogP contribution is -2.48. The van der Waals surface area contributed by atoms with Crippen molar-refractivity contribution in [2.45, 2.75) is 20.0 Å². The molecule has 0 radical (unpaired) electrons. The normalized spacial score (nSPS) is 15.6. The summed E-state index contributed by atoms with van der Waals surface area (Å²) in [5.41, 5.74) is 1.68. The van der Waals surface area contributed by atoms with E-state index in [0.717, 1.165) is 29.7 Å². The SMILES string of the molecule is CCn1ncc(Br)c1C(=O)N1CCN(Cc2ccc(Cl)cc2Cl)CC1. The Morgan fingerprint density at radius 2 is 1.96 bits per heavy atom. The lowest BCUT2D eigenvalue weighted by molar-refractivity contribution is 0.0615. The third kappa shape index (κ3) is 4.19. The van der Waals surface area contributed by atoms with E-state index in [2.05, 4.69) is 25.9 Å². The molecule has 2 aromatic rings. The van der Waals surface area contributed by atoms with Gasteiger partial charge in [0.05, 0.1) is 10.7 Å². The maximum Gasteiger partial charge on any atom is 0.273 e. The van der Waals surface area contributed by atoms with Crippen molar-refractivity contribution >= 4 is 45.0 Å². The summed E-state index contributed by atoms with van der Waals surface area (Å²) in [4.78, 5) is 17.0. The van der Waals surface area contributed by atoms with Crippen LogP contribution in [0.25, 0.3) is 0 Å². The Bertz CT molecular complexity index is 772. The molecule has 25 heavy (non-hydrogen) atoms. The van der Waals surface area contributed by atoms with Gasteiger partial charge in [-0.05, 0) is 40.5 Å². The molecule has 0 spiro atoms. The van der Waals surface area contributed by atoms with Crippen molar-refractivity contribution in [1.29, 1.82) is 0 Å². The third-order valence-electron chi connectivity index (χ3n) is 4.37. The van der Waals surface area contributed by atoms with E-state index in [-0.39, 0.29) is 5.91 Å². The topological polar surface area (TPSA) is 41.4 Å². The van der Waals surface area contributed by atoms with Crippen LogP contribution in [0.1, 0.15) is 23.0 Å². The summed E-state index contributed by atoms with van der Waals surface area (Å²) < 4.78 is 2.47. The van der Waals surface area contributed by atoms with Crippen LogP contribution < -0.4 is 0 Å². The standard InChI is InChI=1S/C17H19BrCl2N4O/c1-2-24-16(14(18)10-21-24)17(25)23-7-5-22(6-8-23)11-12-3-4-13(19)9-15(12)20/h3-4,9-10H,2,5-8,11H2,1H3. The Morgan fingerprint density at radius 3 is 2.60 bits per heavy atom. The number of carbonyl (C=O) groups is 1. The van der Waals surface area contributed by atoms with Crippen molar-refractivity contribution < 1.29 is 4.79 Å². The van der Waals surface area contributed by atoms with Crippen molar-refractivity contribution in [3.8, 4) is 0 Å². The van der Waals surface area contributed by atoms with Crippen molar-refractivity contribution in [2.75, 3.05) is 26.2 Å². The number of benzene rings is 1. The largest absolute Gasteiger partial charge is 0.335 e. The van der Waals surface area contributed by atoms with E-state index in [0.29, 0.717) is 35.4 Å². The van der Waals surface area contributed by atoms with Crippen LogP contribution in [0.2, 0.25) is 10.0 Å². The average Bonchev–Trinajstić information content (AvgIpc) is 2.98. The van der Waals surface area contributed by atoms with Gasteiger partial charge in [0.15, 0.2) is 0 Å².